The zero-order chi connectivity index (χ0) is 20.1. The number of nitrogens with zero attached hydrogens (tertiary/aromatic N) is 3. The number of pyridine rings is 2. The lowest BCUT2D eigenvalue weighted by atomic mass is 10.1. The van der Waals surface area contributed by atoms with Crippen molar-refractivity contribution in [1.29, 1.82) is 0 Å². The minimum absolute atomic E-state index is 0.0897. The molecule has 0 spiro atoms. The Bertz CT molecular complexity index is 822. The molecule has 0 N–H and O–H groups in total. The number of aromatic nitrogens is 2. The second-order valence-corrected chi connectivity index (χ2v) is 8.54. The van der Waals surface area contributed by atoms with Crippen LogP contribution in [0.4, 0.5) is 4.79 Å². The van der Waals surface area contributed by atoms with Crippen molar-refractivity contribution in [3.8, 4) is 0 Å². The average Bonchev–Trinajstić information content (AvgIpc) is 3.09. The van der Waals surface area contributed by atoms with Crippen molar-refractivity contribution in [2.45, 2.75) is 58.2 Å². The van der Waals surface area contributed by atoms with Gasteiger partial charge in [0.15, 0.2) is 0 Å². The first-order valence-corrected chi connectivity index (χ1v) is 10.2. The highest BCUT2D eigenvalue weighted by Gasteiger charge is 2.30. The van der Waals surface area contributed by atoms with Crippen LogP contribution in [-0.4, -0.2) is 52.4 Å². The van der Waals surface area contributed by atoms with Crippen LogP contribution in [0.3, 0.4) is 0 Å². The average molecular weight is 406 g/mol. The standard InChI is InChI=1S/C21H28ClN3O3/c1-21(2,3)28-20(26)25-11-9-16(14-25)27-12-5-4-7-15-13-17(22)19-18(24-15)8-6-10-23-19/h6,8,10,13,16H,4-5,7,9,11-12,14H2,1-3H3/t16-/m1/s1. The van der Waals surface area contributed by atoms with Gasteiger partial charge in [-0.15, -0.1) is 0 Å². The molecule has 1 aliphatic heterocycles. The smallest absolute Gasteiger partial charge is 0.410 e. The molecule has 0 radical (unpaired) electrons. The van der Waals surface area contributed by atoms with Crippen molar-refractivity contribution in [3.63, 3.8) is 0 Å². The van der Waals surface area contributed by atoms with E-state index in [1.165, 1.54) is 0 Å². The number of ether oxygens (including phenoxy) is 2. The van der Waals surface area contributed by atoms with E-state index in [0.29, 0.717) is 24.7 Å². The molecule has 1 amide bonds. The first kappa shape index (κ1) is 20.8. The molecular weight excluding hydrogens is 378 g/mol. The van der Waals surface area contributed by atoms with Gasteiger partial charge in [-0.05, 0) is 64.7 Å². The number of hydrogen-bond acceptors (Lipinski definition) is 5. The number of unbranched alkanes of at least 4 members (excludes halogenated alkanes) is 1. The second-order valence-electron chi connectivity index (χ2n) is 8.13. The molecule has 0 unspecified atom stereocenters. The molecule has 1 atom stereocenters. The van der Waals surface area contributed by atoms with Crippen LogP contribution in [0.25, 0.3) is 11.0 Å². The summed E-state index contributed by atoms with van der Waals surface area (Å²) in [6, 6.07) is 5.69. The van der Waals surface area contributed by atoms with E-state index in [-0.39, 0.29) is 12.2 Å². The highest BCUT2D eigenvalue weighted by atomic mass is 35.5. The number of hydrogen-bond donors (Lipinski definition) is 0. The summed E-state index contributed by atoms with van der Waals surface area (Å²) in [6.07, 6.45) is 5.17. The third-order valence-corrected chi connectivity index (χ3v) is 4.84. The van der Waals surface area contributed by atoms with Crippen molar-refractivity contribution in [2.75, 3.05) is 19.7 Å². The van der Waals surface area contributed by atoms with E-state index in [0.717, 1.165) is 42.4 Å². The zero-order valence-corrected chi connectivity index (χ0v) is 17.5. The fourth-order valence-corrected chi connectivity index (χ4v) is 3.49. The van der Waals surface area contributed by atoms with Crippen LogP contribution in [0.15, 0.2) is 24.4 Å². The first-order valence-electron chi connectivity index (χ1n) is 9.81. The number of amides is 1. The van der Waals surface area contributed by atoms with Crippen LogP contribution in [0.5, 0.6) is 0 Å². The Morgan fingerprint density at radius 3 is 2.96 bits per heavy atom. The summed E-state index contributed by atoms with van der Waals surface area (Å²) < 4.78 is 11.4. The van der Waals surface area contributed by atoms with Gasteiger partial charge in [0, 0.05) is 25.0 Å². The summed E-state index contributed by atoms with van der Waals surface area (Å²) in [5, 5.41) is 0.644. The molecule has 1 aliphatic rings. The van der Waals surface area contributed by atoms with E-state index in [4.69, 9.17) is 21.1 Å². The van der Waals surface area contributed by atoms with Gasteiger partial charge in [-0.3, -0.25) is 9.97 Å². The van der Waals surface area contributed by atoms with Gasteiger partial charge in [0.05, 0.1) is 23.2 Å². The summed E-state index contributed by atoms with van der Waals surface area (Å²) in [6.45, 7) is 7.60. The topological polar surface area (TPSA) is 64.5 Å². The Kier molecular flexibility index (Phi) is 6.73. The SMILES string of the molecule is CC(C)(C)OC(=O)N1CC[C@@H](OCCCCc2cc(Cl)c3ncccc3n2)C1. The first-order chi connectivity index (χ1) is 13.3. The minimum atomic E-state index is -0.466. The van der Waals surface area contributed by atoms with Crippen molar-refractivity contribution in [2.24, 2.45) is 0 Å². The largest absolute Gasteiger partial charge is 0.444 e. The maximum absolute atomic E-state index is 12.1. The number of aryl methyl sites for hydroxylation is 1. The van der Waals surface area contributed by atoms with Crippen molar-refractivity contribution in [3.05, 3.63) is 35.1 Å². The number of likely N-dealkylation sites (tertiary alicyclic amines) is 1. The van der Waals surface area contributed by atoms with E-state index in [1.54, 1.807) is 11.1 Å². The summed E-state index contributed by atoms with van der Waals surface area (Å²) in [4.78, 5) is 22.7. The van der Waals surface area contributed by atoms with E-state index >= 15 is 0 Å². The van der Waals surface area contributed by atoms with E-state index in [1.807, 2.05) is 39.0 Å². The molecule has 3 rings (SSSR count). The molecule has 0 aliphatic carbocycles. The molecule has 2 aromatic rings. The molecule has 3 heterocycles. The third-order valence-electron chi connectivity index (χ3n) is 4.55. The highest BCUT2D eigenvalue weighted by molar-refractivity contribution is 6.34. The second kappa shape index (κ2) is 9.05. The van der Waals surface area contributed by atoms with Crippen LogP contribution >= 0.6 is 11.6 Å². The molecule has 1 saturated heterocycles. The Morgan fingerprint density at radius 2 is 2.18 bits per heavy atom. The quantitative estimate of drug-likeness (QED) is 0.655. The zero-order valence-electron chi connectivity index (χ0n) is 16.8. The molecule has 28 heavy (non-hydrogen) atoms. The maximum atomic E-state index is 12.1. The molecular formula is C21H28ClN3O3. The number of fused-ring (bicyclic) bond motifs is 1. The van der Waals surface area contributed by atoms with Crippen LogP contribution in [0.2, 0.25) is 5.02 Å². The molecule has 1 fully saturated rings. The lowest BCUT2D eigenvalue weighted by molar-refractivity contribution is 0.0207. The number of carbonyl (C=O) groups excluding carboxylic acids is 1. The van der Waals surface area contributed by atoms with E-state index in [2.05, 4.69) is 9.97 Å². The Labute approximate surface area is 171 Å². The minimum Gasteiger partial charge on any atom is -0.444 e. The van der Waals surface area contributed by atoms with Crippen molar-refractivity contribution in [1.82, 2.24) is 14.9 Å². The number of carbonyl (C=O) groups is 1. The van der Waals surface area contributed by atoms with Gasteiger partial charge < -0.3 is 14.4 Å². The molecule has 2 aromatic heterocycles. The van der Waals surface area contributed by atoms with Crippen LogP contribution in [0.1, 0.15) is 45.7 Å². The molecule has 152 valence electrons. The van der Waals surface area contributed by atoms with Crippen LogP contribution < -0.4 is 0 Å². The summed E-state index contributed by atoms with van der Waals surface area (Å²) in [7, 11) is 0. The Balaban J connectivity index is 1.37. The van der Waals surface area contributed by atoms with Crippen molar-refractivity contribution < 1.29 is 14.3 Å². The molecule has 7 heteroatoms. The fourth-order valence-electron chi connectivity index (χ4n) is 3.22. The molecule has 0 bridgehead atoms. The molecule has 0 saturated carbocycles. The van der Waals surface area contributed by atoms with Gasteiger partial charge >= 0.3 is 6.09 Å². The van der Waals surface area contributed by atoms with Gasteiger partial charge in [-0.25, -0.2) is 4.79 Å². The summed E-state index contributed by atoms with van der Waals surface area (Å²) >= 11 is 6.30. The lowest BCUT2D eigenvalue weighted by Gasteiger charge is -2.24. The predicted octanol–water partition coefficient (Wildman–Crippen LogP) is 4.63. The normalized spacial score (nSPS) is 17.3. The maximum Gasteiger partial charge on any atom is 0.410 e. The van der Waals surface area contributed by atoms with Gasteiger partial charge in [-0.1, -0.05) is 11.6 Å². The van der Waals surface area contributed by atoms with Crippen molar-refractivity contribution >= 4 is 28.7 Å². The third kappa shape index (κ3) is 5.79. The van der Waals surface area contributed by atoms with Gasteiger partial charge in [0.25, 0.3) is 0 Å². The van der Waals surface area contributed by atoms with E-state index in [9.17, 15) is 4.79 Å². The predicted molar refractivity (Wildman–Crippen MR) is 110 cm³/mol. The fraction of sp³-hybridized carbons (Fsp3) is 0.571. The van der Waals surface area contributed by atoms with Crippen LogP contribution in [0, 0.1) is 0 Å². The molecule has 6 nitrogen and oxygen atoms in total. The summed E-state index contributed by atoms with van der Waals surface area (Å²) in [5.41, 5.74) is 2.08. The van der Waals surface area contributed by atoms with Gasteiger partial charge in [0.2, 0.25) is 0 Å². The van der Waals surface area contributed by atoms with E-state index < -0.39 is 5.60 Å². The number of rotatable bonds is 6. The summed E-state index contributed by atoms with van der Waals surface area (Å²) in [5.74, 6) is 0. The van der Waals surface area contributed by atoms with Gasteiger partial charge in [-0.2, -0.15) is 0 Å². The van der Waals surface area contributed by atoms with Crippen LogP contribution in [-0.2, 0) is 15.9 Å². The Hall–Kier alpha value is -1.92. The lowest BCUT2D eigenvalue weighted by Crippen LogP contribution is -2.36. The highest BCUT2D eigenvalue weighted by Crippen LogP contribution is 2.22. The monoisotopic (exact) mass is 405 g/mol. The van der Waals surface area contributed by atoms with Gasteiger partial charge in [0.1, 0.15) is 11.1 Å². The number of halogens is 1. The Morgan fingerprint density at radius 1 is 1.36 bits per heavy atom. The molecule has 0 aromatic carbocycles.